The van der Waals surface area contributed by atoms with Gasteiger partial charge in [0, 0.05) is 38.3 Å². The predicted octanol–water partition coefficient (Wildman–Crippen LogP) is 2.83. The third kappa shape index (κ3) is 6.30. The zero-order valence-electron chi connectivity index (χ0n) is 13.9. The summed E-state index contributed by atoms with van der Waals surface area (Å²) >= 11 is 0. The first-order valence-corrected chi connectivity index (χ1v) is 8.48. The van der Waals surface area contributed by atoms with Gasteiger partial charge in [0.05, 0.1) is 0 Å². The van der Waals surface area contributed by atoms with Gasteiger partial charge in [-0.15, -0.1) is 24.0 Å². The van der Waals surface area contributed by atoms with Gasteiger partial charge in [0.2, 0.25) is 0 Å². The molecule has 1 heterocycles. The van der Waals surface area contributed by atoms with E-state index < -0.39 is 0 Å². The maximum absolute atomic E-state index is 4.67. The van der Waals surface area contributed by atoms with Crippen LogP contribution in [-0.4, -0.2) is 49.1 Å². The highest BCUT2D eigenvalue weighted by Gasteiger charge is 2.30. The Labute approximate surface area is 147 Å². The van der Waals surface area contributed by atoms with Crippen LogP contribution in [0.1, 0.15) is 52.9 Å². The van der Waals surface area contributed by atoms with E-state index in [1.165, 1.54) is 45.2 Å². The molecule has 0 aromatic carbocycles. The molecular weight excluding hydrogens is 375 g/mol. The lowest BCUT2D eigenvalue weighted by molar-refractivity contribution is 0.242. The molecule has 1 saturated carbocycles. The molecule has 0 radical (unpaired) electrons. The number of halogens is 1. The summed E-state index contributed by atoms with van der Waals surface area (Å²) in [6.45, 7) is 10.8. The third-order valence-corrected chi connectivity index (χ3v) is 4.36. The summed E-state index contributed by atoms with van der Waals surface area (Å²) in [4.78, 5) is 7.37. The monoisotopic (exact) mass is 408 g/mol. The molecule has 124 valence electrons. The fraction of sp³-hybridized carbons (Fsp3) is 0.938. The van der Waals surface area contributed by atoms with Crippen LogP contribution in [0, 0.1) is 5.92 Å². The van der Waals surface area contributed by atoms with E-state index in [0.717, 1.165) is 25.1 Å². The van der Waals surface area contributed by atoms with Crippen molar-refractivity contribution in [2.45, 2.75) is 65.0 Å². The second-order valence-electron chi connectivity index (χ2n) is 6.68. The normalized spacial score (nSPS) is 24.4. The van der Waals surface area contributed by atoms with Crippen LogP contribution in [0.4, 0.5) is 0 Å². The highest BCUT2D eigenvalue weighted by molar-refractivity contribution is 14.0. The summed E-state index contributed by atoms with van der Waals surface area (Å²) in [5.74, 6) is 1.61. The minimum absolute atomic E-state index is 0. The largest absolute Gasteiger partial charge is 0.357 e. The van der Waals surface area contributed by atoms with Crippen molar-refractivity contribution in [3.8, 4) is 0 Å². The quantitative estimate of drug-likeness (QED) is 0.418. The Morgan fingerprint density at radius 1 is 1.24 bits per heavy atom. The van der Waals surface area contributed by atoms with Crippen molar-refractivity contribution in [3.05, 3.63) is 0 Å². The molecule has 1 unspecified atom stereocenters. The van der Waals surface area contributed by atoms with Crippen molar-refractivity contribution in [1.82, 2.24) is 15.5 Å². The Kier molecular flexibility index (Phi) is 8.94. The van der Waals surface area contributed by atoms with Crippen LogP contribution in [0.2, 0.25) is 0 Å². The maximum Gasteiger partial charge on any atom is 0.191 e. The Balaban J connectivity index is 0.00000220. The second kappa shape index (κ2) is 9.87. The van der Waals surface area contributed by atoms with Gasteiger partial charge in [-0.25, -0.2) is 0 Å². The average Bonchev–Trinajstić information content (AvgIpc) is 3.06. The fourth-order valence-electron chi connectivity index (χ4n) is 3.29. The summed E-state index contributed by atoms with van der Waals surface area (Å²) in [6.07, 6.45) is 6.93. The molecule has 0 bridgehead atoms. The van der Waals surface area contributed by atoms with E-state index in [2.05, 4.69) is 41.3 Å². The zero-order chi connectivity index (χ0) is 14.4. The molecule has 2 aliphatic rings. The minimum Gasteiger partial charge on any atom is -0.357 e. The van der Waals surface area contributed by atoms with Gasteiger partial charge in [-0.05, 0) is 32.1 Å². The van der Waals surface area contributed by atoms with Crippen molar-refractivity contribution >= 4 is 29.9 Å². The van der Waals surface area contributed by atoms with Crippen molar-refractivity contribution in [2.75, 3.05) is 26.2 Å². The summed E-state index contributed by atoms with van der Waals surface area (Å²) in [6, 6.07) is 1.43. The summed E-state index contributed by atoms with van der Waals surface area (Å²) in [5, 5.41) is 6.99. The number of hydrogen-bond acceptors (Lipinski definition) is 2. The van der Waals surface area contributed by atoms with Gasteiger partial charge in [-0.1, -0.05) is 26.7 Å². The van der Waals surface area contributed by atoms with Crippen LogP contribution in [0.3, 0.4) is 0 Å². The summed E-state index contributed by atoms with van der Waals surface area (Å²) in [7, 11) is 0. The minimum atomic E-state index is 0. The number of rotatable bonds is 5. The Morgan fingerprint density at radius 3 is 2.57 bits per heavy atom. The van der Waals surface area contributed by atoms with E-state index in [-0.39, 0.29) is 24.0 Å². The molecule has 1 atom stereocenters. The van der Waals surface area contributed by atoms with E-state index in [1.54, 1.807) is 0 Å². The first kappa shape index (κ1) is 19.0. The number of nitrogens with one attached hydrogen (secondary N) is 2. The molecule has 2 fully saturated rings. The molecule has 1 aliphatic carbocycles. The molecule has 21 heavy (non-hydrogen) atoms. The van der Waals surface area contributed by atoms with Gasteiger partial charge in [0.15, 0.2) is 5.96 Å². The number of aliphatic imine (C=N–C) groups is 1. The topological polar surface area (TPSA) is 39.7 Å². The Hall–Kier alpha value is -0.0400. The number of likely N-dealkylation sites (tertiary alicyclic amines) is 1. The van der Waals surface area contributed by atoms with Crippen LogP contribution >= 0.6 is 24.0 Å². The van der Waals surface area contributed by atoms with Crippen LogP contribution in [0.25, 0.3) is 0 Å². The molecule has 0 amide bonds. The van der Waals surface area contributed by atoms with Gasteiger partial charge in [0.1, 0.15) is 0 Å². The van der Waals surface area contributed by atoms with Gasteiger partial charge in [-0.2, -0.15) is 0 Å². The first-order chi connectivity index (χ1) is 9.69. The zero-order valence-corrected chi connectivity index (χ0v) is 16.2. The number of guanidine groups is 1. The van der Waals surface area contributed by atoms with E-state index in [0.29, 0.717) is 12.0 Å². The Bertz CT molecular complexity index is 313. The van der Waals surface area contributed by atoms with E-state index in [1.807, 2.05) is 0 Å². The van der Waals surface area contributed by atoms with Crippen molar-refractivity contribution in [3.63, 3.8) is 0 Å². The van der Waals surface area contributed by atoms with Crippen molar-refractivity contribution in [1.29, 1.82) is 0 Å². The standard InChI is InChI=1S/C16H32N4.HI/c1-4-17-16(18-11-13(2)3)19-14-9-10-20(12-14)15-7-5-6-8-15;/h13-15H,4-12H2,1-3H3,(H2,17,18,19);1H. The number of nitrogens with zero attached hydrogens (tertiary/aromatic N) is 2. The highest BCUT2D eigenvalue weighted by atomic mass is 127. The van der Waals surface area contributed by atoms with E-state index >= 15 is 0 Å². The van der Waals surface area contributed by atoms with Gasteiger partial charge in [0.25, 0.3) is 0 Å². The van der Waals surface area contributed by atoms with Crippen LogP contribution < -0.4 is 10.6 Å². The average molecular weight is 408 g/mol. The lowest BCUT2D eigenvalue weighted by Crippen LogP contribution is -2.45. The molecule has 1 aliphatic heterocycles. The van der Waals surface area contributed by atoms with E-state index in [4.69, 9.17) is 0 Å². The Morgan fingerprint density at radius 2 is 1.95 bits per heavy atom. The van der Waals surface area contributed by atoms with Crippen LogP contribution in [-0.2, 0) is 0 Å². The SMILES string of the molecule is CCNC(=NCC(C)C)NC1CCN(C2CCCC2)C1.I. The molecule has 0 aromatic heterocycles. The van der Waals surface area contributed by atoms with Crippen LogP contribution in [0.5, 0.6) is 0 Å². The van der Waals surface area contributed by atoms with Gasteiger partial charge < -0.3 is 10.6 Å². The molecule has 2 N–H and O–H groups in total. The second-order valence-corrected chi connectivity index (χ2v) is 6.68. The van der Waals surface area contributed by atoms with Crippen molar-refractivity contribution < 1.29 is 0 Å². The molecule has 4 nitrogen and oxygen atoms in total. The molecule has 5 heteroatoms. The smallest absolute Gasteiger partial charge is 0.191 e. The third-order valence-electron chi connectivity index (χ3n) is 4.36. The maximum atomic E-state index is 4.67. The predicted molar refractivity (Wildman–Crippen MR) is 102 cm³/mol. The molecule has 2 rings (SSSR count). The number of hydrogen-bond donors (Lipinski definition) is 2. The fourth-order valence-corrected chi connectivity index (χ4v) is 3.29. The lowest BCUT2D eigenvalue weighted by atomic mass is 10.2. The highest BCUT2D eigenvalue weighted by Crippen LogP contribution is 2.26. The molecule has 1 saturated heterocycles. The van der Waals surface area contributed by atoms with Gasteiger partial charge >= 0.3 is 0 Å². The summed E-state index contributed by atoms with van der Waals surface area (Å²) < 4.78 is 0. The van der Waals surface area contributed by atoms with Gasteiger partial charge in [-0.3, -0.25) is 9.89 Å². The van der Waals surface area contributed by atoms with E-state index in [9.17, 15) is 0 Å². The molecule has 0 aromatic rings. The van der Waals surface area contributed by atoms with Crippen molar-refractivity contribution in [2.24, 2.45) is 10.9 Å². The lowest BCUT2D eigenvalue weighted by Gasteiger charge is -2.24. The van der Waals surface area contributed by atoms with Crippen LogP contribution in [0.15, 0.2) is 4.99 Å². The summed E-state index contributed by atoms with van der Waals surface area (Å²) in [5.41, 5.74) is 0. The molecular formula is C16H33IN4. The molecule has 0 spiro atoms. The first-order valence-electron chi connectivity index (χ1n) is 8.48.